The molecular formula is C22H24O5. The molecule has 0 radical (unpaired) electrons. The van der Waals surface area contributed by atoms with Crippen LogP contribution < -0.4 is 9.47 Å². The lowest BCUT2D eigenvalue weighted by molar-refractivity contribution is -0.107. The van der Waals surface area contributed by atoms with Gasteiger partial charge in [-0.05, 0) is 37.1 Å². The Kier molecular flexibility index (Phi) is 5.16. The molecule has 3 atom stereocenters. The van der Waals surface area contributed by atoms with Crippen LogP contribution in [0.4, 0.5) is 0 Å². The molecule has 2 aromatic rings. The van der Waals surface area contributed by atoms with E-state index in [2.05, 4.69) is 32.0 Å². The third kappa shape index (κ3) is 4.00. The molecule has 0 fully saturated rings. The Morgan fingerprint density at radius 3 is 2.56 bits per heavy atom. The van der Waals surface area contributed by atoms with Crippen molar-refractivity contribution < 1.29 is 24.1 Å². The first-order valence-corrected chi connectivity index (χ1v) is 9.15. The third-order valence-corrected chi connectivity index (χ3v) is 4.79. The summed E-state index contributed by atoms with van der Waals surface area (Å²) in [6.45, 7) is 4.77. The lowest BCUT2D eigenvalue weighted by atomic mass is 10.0. The number of hydrogen-bond acceptors (Lipinski definition) is 5. The van der Waals surface area contributed by atoms with Gasteiger partial charge in [-0.15, -0.1) is 0 Å². The molecule has 2 aliphatic heterocycles. The van der Waals surface area contributed by atoms with Gasteiger partial charge < -0.3 is 24.1 Å². The van der Waals surface area contributed by atoms with Crippen LogP contribution >= 0.6 is 0 Å². The van der Waals surface area contributed by atoms with Crippen LogP contribution in [0.2, 0.25) is 0 Å². The molecule has 2 aromatic carbocycles. The molecule has 142 valence electrons. The smallest absolute Gasteiger partial charge is 0.231 e. The monoisotopic (exact) mass is 368 g/mol. The fourth-order valence-electron chi connectivity index (χ4n) is 3.58. The normalized spacial score (nSPS) is 23.6. The van der Waals surface area contributed by atoms with Crippen LogP contribution in [-0.2, 0) is 16.1 Å². The number of aryl methyl sites for hydroxylation is 2. The quantitative estimate of drug-likeness (QED) is 0.817. The topological polar surface area (TPSA) is 57.2 Å². The lowest BCUT2D eigenvalue weighted by Gasteiger charge is -2.31. The molecule has 0 aliphatic carbocycles. The van der Waals surface area contributed by atoms with Crippen LogP contribution in [0.5, 0.6) is 11.5 Å². The summed E-state index contributed by atoms with van der Waals surface area (Å²) in [5, 5.41) is 9.78. The molecule has 0 spiro atoms. The Morgan fingerprint density at radius 2 is 1.78 bits per heavy atom. The predicted molar refractivity (Wildman–Crippen MR) is 101 cm³/mol. The summed E-state index contributed by atoms with van der Waals surface area (Å²) in [6, 6.07) is 12.1. The second kappa shape index (κ2) is 7.72. The van der Waals surface area contributed by atoms with Crippen LogP contribution in [0.1, 0.15) is 28.4 Å². The van der Waals surface area contributed by atoms with Crippen molar-refractivity contribution in [2.75, 3.05) is 13.4 Å². The zero-order valence-corrected chi connectivity index (χ0v) is 15.6. The maximum atomic E-state index is 9.78. The van der Waals surface area contributed by atoms with Crippen molar-refractivity contribution in [3.05, 3.63) is 70.8 Å². The largest absolute Gasteiger partial charge is 0.454 e. The molecular weight excluding hydrogens is 344 g/mol. The maximum Gasteiger partial charge on any atom is 0.231 e. The van der Waals surface area contributed by atoms with Gasteiger partial charge in [-0.2, -0.15) is 0 Å². The molecule has 0 bridgehead atoms. The molecule has 4 rings (SSSR count). The number of aliphatic hydroxyl groups is 1. The van der Waals surface area contributed by atoms with E-state index in [9.17, 15) is 5.11 Å². The van der Waals surface area contributed by atoms with E-state index in [1.165, 1.54) is 11.1 Å². The van der Waals surface area contributed by atoms with Crippen molar-refractivity contribution in [2.45, 2.75) is 38.8 Å². The summed E-state index contributed by atoms with van der Waals surface area (Å²) < 4.78 is 22.9. The number of hydrogen-bond donors (Lipinski definition) is 1. The number of ether oxygens (including phenoxy) is 4. The van der Waals surface area contributed by atoms with Gasteiger partial charge >= 0.3 is 0 Å². The van der Waals surface area contributed by atoms with E-state index in [1.807, 2.05) is 30.4 Å². The minimum atomic E-state index is -0.420. The number of fused-ring (bicyclic) bond motifs is 1. The van der Waals surface area contributed by atoms with Crippen LogP contribution in [-0.4, -0.2) is 30.7 Å². The minimum absolute atomic E-state index is 0.108. The summed E-state index contributed by atoms with van der Waals surface area (Å²) in [5.74, 6) is 1.46. The van der Waals surface area contributed by atoms with Crippen molar-refractivity contribution in [3.63, 3.8) is 0 Å². The highest BCUT2D eigenvalue weighted by Gasteiger charge is 2.29. The van der Waals surface area contributed by atoms with Gasteiger partial charge in [0.1, 0.15) is 18.3 Å². The Morgan fingerprint density at radius 1 is 1.00 bits per heavy atom. The van der Waals surface area contributed by atoms with Gasteiger partial charge in [0.2, 0.25) is 6.79 Å². The third-order valence-electron chi connectivity index (χ3n) is 4.79. The highest BCUT2D eigenvalue weighted by molar-refractivity contribution is 5.45. The fourth-order valence-corrected chi connectivity index (χ4v) is 3.58. The average Bonchev–Trinajstić information content (AvgIpc) is 3.13. The molecule has 2 aliphatic rings. The zero-order chi connectivity index (χ0) is 18.8. The number of aliphatic hydroxyl groups excluding tert-OH is 1. The number of rotatable bonds is 5. The van der Waals surface area contributed by atoms with Crippen LogP contribution in [0, 0.1) is 13.8 Å². The Hall–Kier alpha value is -2.34. The molecule has 0 saturated carbocycles. The Labute approximate surface area is 159 Å². The van der Waals surface area contributed by atoms with E-state index in [0.29, 0.717) is 6.61 Å². The molecule has 0 amide bonds. The SMILES string of the molecule is Cc1cc(C)cc(CO[C@H]2C=C[C@@H](c3ccc4c(c3)OCO4)O[C@@H]2CO)c1. The van der Waals surface area contributed by atoms with Crippen molar-refractivity contribution in [2.24, 2.45) is 0 Å². The summed E-state index contributed by atoms with van der Waals surface area (Å²) in [6.07, 6.45) is 2.98. The van der Waals surface area contributed by atoms with Crippen molar-refractivity contribution in [3.8, 4) is 11.5 Å². The van der Waals surface area contributed by atoms with E-state index in [1.54, 1.807) is 0 Å². The second-order valence-electron chi connectivity index (χ2n) is 7.05. The first-order chi connectivity index (χ1) is 13.1. The maximum absolute atomic E-state index is 9.78. The molecule has 27 heavy (non-hydrogen) atoms. The molecule has 0 aromatic heterocycles. The van der Waals surface area contributed by atoms with Crippen LogP contribution in [0.15, 0.2) is 48.6 Å². The van der Waals surface area contributed by atoms with Crippen molar-refractivity contribution in [1.82, 2.24) is 0 Å². The first kappa shape index (κ1) is 18.0. The van der Waals surface area contributed by atoms with Gasteiger partial charge in [0.05, 0.1) is 13.2 Å². The lowest BCUT2D eigenvalue weighted by Crippen LogP contribution is -2.37. The van der Waals surface area contributed by atoms with Gasteiger partial charge in [0.25, 0.3) is 0 Å². The molecule has 0 saturated heterocycles. The highest BCUT2D eigenvalue weighted by atomic mass is 16.7. The van der Waals surface area contributed by atoms with E-state index in [-0.39, 0.29) is 25.6 Å². The fraction of sp³-hybridized carbons (Fsp3) is 0.364. The van der Waals surface area contributed by atoms with Gasteiger partial charge in [-0.1, -0.05) is 47.5 Å². The standard InChI is InChI=1S/C22H24O5/c1-14-7-15(2)9-16(8-14)12-24-20-6-5-18(27-22(20)11-23)17-3-4-19-21(10-17)26-13-25-19/h3-10,18,20,22-23H,11-13H2,1-2H3/t18-,20-,22+/m0/s1. The van der Waals surface area contributed by atoms with Crippen LogP contribution in [0.25, 0.3) is 0 Å². The van der Waals surface area contributed by atoms with E-state index in [0.717, 1.165) is 22.6 Å². The molecule has 5 heteroatoms. The van der Waals surface area contributed by atoms with Gasteiger partial charge in [-0.3, -0.25) is 0 Å². The molecule has 1 N–H and O–H groups in total. The second-order valence-corrected chi connectivity index (χ2v) is 7.05. The van der Waals surface area contributed by atoms with Crippen molar-refractivity contribution >= 4 is 0 Å². The molecule has 2 heterocycles. The van der Waals surface area contributed by atoms with E-state index < -0.39 is 6.10 Å². The van der Waals surface area contributed by atoms with Gasteiger partial charge in [-0.25, -0.2) is 0 Å². The van der Waals surface area contributed by atoms with Crippen molar-refractivity contribution in [1.29, 1.82) is 0 Å². The van der Waals surface area contributed by atoms with Gasteiger partial charge in [0, 0.05) is 0 Å². The summed E-state index contributed by atoms with van der Waals surface area (Å²) in [4.78, 5) is 0. The highest BCUT2D eigenvalue weighted by Crippen LogP contribution is 2.37. The minimum Gasteiger partial charge on any atom is -0.454 e. The first-order valence-electron chi connectivity index (χ1n) is 9.15. The van der Waals surface area contributed by atoms with E-state index >= 15 is 0 Å². The molecule has 0 unspecified atom stereocenters. The predicted octanol–water partition coefficient (Wildman–Crippen LogP) is 3.61. The van der Waals surface area contributed by atoms with Gasteiger partial charge in [0.15, 0.2) is 11.5 Å². The Balaban J connectivity index is 1.45. The average molecular weight is 368 g/mol. The summed E-state index contributed by atoms with van der Waals surface area (Å²) in [7, 11) is 0. The zero-order valence-electron chi connectivity index (χ0n) is 15.6. The summed E-state index contributed by atoms with van der Waals surface area (Å²) >= 11 is 0. The van der Waals surface area contributed by atoms with Crippen LogP contribution in [0.3, 0.4) is 0 Å². The molecule has 5 nitrogen and oxygen atoms in total. The summed E-state index contributed by atoms with van der Waals surface area (Å²) in [5.41, 5.74) is 4.51. The Bertz CT molecular complexity index is 824. The van der Waals surface area contributed by atoms with E-state index in [4.69, 9.17) is 18.9 Å². The number of benzene rings is 2.